The van der Waals surface area contributed by atoms with Crippen molar-refractivity contribution in [3.63, 3.8) is 0 Å². The van der Waals surface area contributed by atoms with Crippen molar-refractivity contribution in [2.24, 2.45) is 0 Å². The Morgan fingerprint density at radius 3 is 2.42 bits per heavy atom. The normalized spacial score (nSPS) is 11.6. The number of hydrogen-bond donors (Lipinski definition) is 0. The van der Waals surface area contributed by atoms with Crippen LogP contribution in [0.25, 0.3) is 6.08 Å². The van der Waals surface area contributed by atoms with Gasteiger partial charge in [-0.05, 0) is 30.7 Å². The minimum absolute atomic E-state index is 0.541. The summed E-state index contributed by atoms with van der Waals surface area (Å²) in [6, 6.07) is 6.76. The standard InChI is InChI=1S/C13H13F3O3/c1-2-18-11-6-3-10(4-7-11)5-8-12(17)19-9-13(14,15)16/h3-8H,2,9H2,1H3. The minimum Gasteiger partial charge on any atom is -0.494 e. The molecule has 0 radical (unpaired) electrons. The van der Waals surface area contributed by atoms with Gasteiger partial charge in [-0.15, -0.1) is 0 Å². The second kappa shape index (κ2) is 6.82. The van der Waals surface area contributed by atoms with Crippen molar-refractivity contribution in [1.82, 2.24) is 0 Å². The van der Waals surface area contributed by atoms with Gasteiger partial charge in [0.1, 0.15) is 5.75 Å². The van der Waals surface area contributed by atoms with E-state index in [0.29, 0.717) is 17.9 Å². The molecule has 1 rings (SSSR count). The zero-order valence-corrected chi connectivity index (χ0v) is 10.2. The number of esters is 1. The van der Waals surface area contributed by atoms with E-state index in [9.17, 15) is 18.0 Å². The summed E-state index contributed by atoms with van der Waals surface area (Å²) in [6.45, 7) is 0.808. The Morgan fingerprint density at radius 2 is 1.89 bits per heavy atom. The average molecular weight is 274 g/mol. The first-order chi connectivity index (χ1) is 8.90. The van der Waals surface area contributed by atoms with Crippen LogP contribution in [-0.4, -0.2) is 25.4 Å². The molecule has 0 fully saturated rings. The van der Waals surface area contributed by atoms with Gasteiger partial charge in [-0.25, -0.2) is 4.79 Å². The first-order valence-electron chi connectivity index (χ1n) is 5.55. The molecule has 6 heteroatoms. The van der Waals surface area contributed by atoms with E-state index in [-0.39, 0.29) is 0 Å². The highest BCUT2D eigenvalue weighted by molar-refractivity contribution is 5.87. The van der Waals surface area contributed by atoms with Gasteiger partial charge in [0, 0.05) is 6.08 Å². The van der Waals surface area contributed by atoms with E-state index < -0.39 is 18.8 Å². The van der Waals surface area contributed by atoms with E-state index in [2.05, 4.69) is 4.74 Å². The van der Waals surface area contributed by atoms with Gasteiger partial charge in [0.05, 0.1) is 6.61 Å². The number of hydrogen-bond acceptors (Lipinski definition) is 3. The summed E-state index contributed by atoms with van der Waals surface area (Å²) in [5.74, 6) is -0.356. The average Bonchev–Trinajstić information content (AvgIpc) is 2.35. The quantitative estimate of drug-likeness (QED) is 0.611. The molecule has 0 spiro atoms. The summed E-state index contributed by atoms with van der Waals surface area (Å²) in [4.78, 5) is 11.0. The van der Waals surface area contributed by atoms with Crippen LogP contribution in [-0.2, 0) is 9.53 Å². The van der Waals surface area contributed by atoms with Crippen molar-refractivity contribution in [3.05, 3.63) is 35.9 Å². The summed E-state index contributed by atoms with van der Waals surface area (Å²) in [6.07, 6.45) is -2.20. The molecule has 0 saturated carbocycles. The highest BCUT2D eigenvalue weighted by atomic mass is 19.4. The van der Waals surface area contributed by atoms with Gasteiger partial charge >= 0.3 is 12.1 Å². The molecule has 3 nitrogen and oxygen atoms in total. The Hall–Kier alpha value is -1.98. The fraction of sp³-hybridized carbons (Fsp3) is 0.308. The van der Waals surface area contributed by atoms with Gasteiger partial charge in [-0.1, -0.05) is 12.1 Å². The molecule has 1 aromatic carbocycles. The van der Waals surface area contributed by atoms with Crippen molar-refractivity contribution in [2.75, 3.05) is 13.2 Å². The van der Waals surface area contributed by atoms with E-state index in [1.54, 1.807) is 24.3 Å². The van der Waals surface area contributed by atoms with Crippen molar-refractivity contribution in [3.8, 4) is 5.75 Å². The molecule has 1 aromatic rings. The molecule has 0 heterocycles. The molecule has 0 aliphatic carbocycles. The fourth-order valence-electron chi connectivity index (χ4n) is 1.21. The number of carbonyl (C=O) groups excluding carboxylic acids is 1. The lowest BCUT2D eigenvalue weighted by Gasteiger charge is -2.05. The number of ether oxygens (including phenoxy) is 2. The zero-order chi connectivity index (χ0) is 14.3. The van der Waals surface area contributed by atoms with Crippen molar-refractivity contribution >= 4 is 12.0 Å². The zero-order valence-electron chi connectivity index (χ0n) is 10.2. The summed E-state index contributed by atoms with van der Waals surface area (Å²) < 4.78 is 44.6. The first kappa shape index (κ1) is 15.1. The Bertz CT molecular complexity index is 435. The SMILES string of the molecule is CCOc1ccc(C=CC(=O)OCC(F)(F)F)cc1. The molecule has 0 N–H and O–H groups in total. The monoisotopic (exact) mass is 274 g/mol. The lowest BCUT2D eigenvalue weighted by Crippen LogP contribution is -2.19. The van der Waals surface area contributed by atoms with Gasteiger partial charge in [-0.2, -0.15) is 13.2 Å². The second-order valence-corrected chi connectivity index (χ2v) is 3.56. The predicted octanol–water partition coefficient (Wildman–Crippen LogP) is 3.20. The van der Waals surface area contributed by atoms with Crippen LogP contribution in [0.4, 0.5) is 13.2 Å². The highest BCUT2D eigenvalue weighted by Gasteiger charge is 2.29. The highest BCUT2D eigenvalue weighted by Crippen LogP contribution is 2.15. The number of carbonyl (C=O) groups is 1. The molecule has 19 heavy (non-hydrogen) atoms. The van der Waals surface area contributed by atoms with E-state index in [4.69, 9.17) is 4.74 Å². The molecule has 0 amide bonds. The van der Waals surface area contributed by atoms with E-state index in [1.807, 2.05) is 6.92 Å². The second-order valence-electron chi connectivity index (χ2n) is 3.56. The fourth-order valence-corrected chi connectivity index (χ4v) is 1.21. The Balaban J connectivity index is 2.49. The van der Waals surface area contributed by atoms with Crippen molar-refractivity contribution < 1.29 is 27.4 Å². The van der Waals surface area contributed by atoms with Crippen LogP contribution in [0.5, 0.6) is 5.75 Å². The van der Waals surface area contributed by atoms with Crippen LogP contribution in [0, 0.1) is 0 Å². The molecule has 0 aliphatic heterocycles. The molecule has 0 atom stereocenters. The van der Waals surface area contributed by atoms with Crippen LogP contribution in [0.3, 0.4) is 0 Å². The third kappa shape index (κ3) is 6.49. The molecule has 0 saturated heterocycles. The summed E-state index contributed by atoms with van der Waals surface area (Å²) in [5.41, 5.74) is 0.660. The molecule has 0 aliphatic rings. The van der Waals surface area contributed by atoms with E-state index in [0.717, 1.165) is 6.08 Å². The summed E-state index contributed by atoms with van der Waals surface area (Å²) in [7, 11) is 0. The Labute approximate surface area is 108 Å². The first-order valence-corrected chi connectivity index (χ1v) is 5.55. The lowest BCUT2D eigenvalue weighted by atomic mass is 10.2. The summed E-state index contributed by atoms with van der Waals surface area (Å²) >= 11 is 0. The van der Waals surface area contributed by atoms with Crippen LogP contribution >= 0.6 is 0 Å². The van der Waals surface area contributed by atoms with Gasteiger partial charge in [0.25, 0.3) is 0 Å². The number of halogens is 3. The molecular weight excluding hydrogens is 261 g/mol. The maximum atomic E-state index is 11.8. The van der Waals surface area contributed by atoms with Crippen molar-refractivity contribution in [1.29, 1.82) is 0 Å². The largest absolute Gasteiger partial charge is 0.494 e. The van der Waals surface area contributed by atoms with Crippen LogP contribution in [0.2, 0.25) is 0 Å². The molecular formula is C13H13F3O3. The van der Waals surface area contributed by atoms with Gasteiger partial charge < -0.3 is 9.47 Å². The Kier molecular flexibility index (Phi) is 5.41. The van der Waals surface area contributed by atoms with Crippen molar-refractivity contribution in [2.45, 2.75) is 13.1 Å². The number of alkyl halides is 3. The van der Waals surface area contributed by atoms with Crippen LogP contribution in [0.15, 0.2) is 30.3 Å². The molecule has 0 aromatic heterocycles. The maximum Gasteiger partial charge on any atom is 0.422 e. The van der Waals surface area contributed by atoms with Crippen LogP contribution < -0.4 is 4.74 Å². The third-order valence-corrected chi connectivity index (χ3v) is 1.98. The van der Waals surface area contributed by atoms with Crippen LogP contribution in [0.1, 0.15) is 12.5 Å². The minimum atomic E-state index is -4.51. The molecule has 0 unspecified atom stereocenters. The molecule has 0 bridgehead atoms. The van der Waals surface area contributed by atoms with E-state index >= 15 is 0 Å². The maximum absolute atomic E-state index is 11.8. The van der Waals surface area contributed by atoms with Gasteiger partial charge in [-0.3, -0.25) is 0 Å². The lowest BCUT2D eigenvalue weighted by molar-refractivity contribution is -0.182. The molecule has 104 valence electrons. The van der Waals surface area contributed by atoms with E-state index in [1.165, 1.54) is 6.08 Å². The third-order valence-electron chi connectivity index (χ3n) is 1.98. The topological polar surface area (TPSA) is 35.5 Å². The Morgan fingerprint density at radius 1 is 1.26 bits per heavy atom. The predicted molar refractivity (Wildman–Crippen MR) is 63.7 cm³/mol. The number of rotatable bonds is 5. The smallest absolute Gasteiger partial charge is 0.422 e. The van der Waals surface area contributed by atoms with Gasteiger partial charge in [0.15, 0.2) is 6.61 Å². The number of benzene rings is 1. The van der Waals surface area contributed by atoms with Gasteiger partial charge in [0.2, 0.25) is 0 Å². The summed E-state index contributed by atoms with van der Waals surface area (Å²) in [5, 5.41) is 0.